The van der Waals surface area contributed by atoms with Crippen LogP contribution in [0.3, 0.4) is 0 Å². The van der Waals surface area contributed by atoms with Crippen molar-refractivity contribution in [2.75, 3.05) is 6.54 Å². The van der Waals surface area contributed by atoms with E-state index in [1.807, 2.05) is 0 Å². The molecule has 1 aromatic rings. The summed E-state index contributed by atoms with van der Waals surface area (Å²) in [4.78, 5) is 35.6. The van der Waals surface area contributed by atoms with Crippen molar-refractivity contribution in [2.24, 2.45) is 5.73 Å². The van der Waals surface area contributed by atoms with Gasteiger partial charge >= 0.3 is 11.9 Å². The van der Waals surface area contributed by atoms with Gasteiger partial charge in [-0.1, -0.05) is 18.2 Å². The Bertz CT molecular complexity index is 559. The maximum atomic E-state index is 12.3. The van der Waals surface area contributed by atoms with Gasteiger partial charge in [-0.15, -0.1) is 0 Å². The molecule has 1 amide bonds. The molecule has 0 bridgehead atoms. The summed E-state index contributed by atoms with van der Waals surface area (Å²) in [7, 11) is 0. The highest BCUT2D eigenvalue weighted by atomic mass is 16.4. The number of hydrogen-bond acceptors (Lipinski definition) is 4. The molecule has 2 unspecified atom stereocenters. The molecule has 1 saturated heterocycles. The van der Waals surface area contributed by atoms with Crippen LogP contribution in [0.2, 0.25) is 0 Å². The molecule has 1 heterocycles. The molecular formula is C13H14N2O5. The van der Waals surface area contributed by atoms with E-state index < -0.39 is 29.4 Å². The summed E-state index contributed by atoms with van der Waals surface area (Å²) < 4.78 is 0. The lowest BCUT2D eigenvalue weighted by molar-refractivity contribution is -0.142. The summed E-state index contributed by atoms with van der Waals surface area (Å²) in [6.45, 7) is -0.326. The number of carboxylic acids is 2. The number of likely N-dealkylation sites (tertiary alicyclic amines) is 1. The third-order valence-corrected chi connectivity index (χ3v) is 3.38. The first kappa shape index (κ1) is 14.0. The first-order valence-corrected chi connectivity index (χ1v) is 5.96. The lowest BCUT2D eigenvalue weighted by Gasteiger charge is -2.22. The zero-order valence-corrected chi connectivity index (χ0v) is 10.5. The Morgan fingerprint density at radius 3 is 2.30 bits per heavy atom. The van der Waals surface area contributed by atoms with Crippen molar-refractivity contribution in [2.45, 2.75) is 18.0 Å². The fourth-order valence-corrected chi connectivity index (χ4v) is 2.27. The number of carbonyl (C=O) groups is 3. The van der Waals surface area contributed by atoms with Crippen LogP contribution in [0.4, 0.5) is 0 Å². The minimum absolute atomic E-state index is 0.299. The van der Waals surface area contributed by atoms with Gasteiger partial charge in [0.2, 0.25) is 0 Å². The fourth-order valence-electron chi connectivity index (χ4n) is 2.27. The smallest absolute Gasteiger partial charge is 0.326 e. The van der Waals surface area contributed by atoms with Gasteiger partial charge in [-0.3, -0.25) is 9.59 Å². The minimum atomic E-state index is -1.73. The van der Waals surface area contributed by atoms with Crippen LogP contribution >= 0.6 is 0 Å². The van der Waals surface area contributed by atoms with Gasteiger partial charge in [-0.2, -0.15) is 0 Å². The van der Waals surface area contributed by atoms with Crippen molar-refractivity contribution >= 4 is 17.8 Å². The van der Waals surface area contributed by atoms with Crippen molar-refractivity contribution in [1.29, 1.82) is 0 Å². The van der Waals surface area contributed by atoms with Crippen LogP contribution in [0, 0.1) is 0 Å². The van der Waals surface area contributed by atoms with Crippen molar-refractivity contribution in [3.05, 3.63) is 35.9 Å². The van der Waals surface area contributed by atoms with Crippen LogP contribution in [-0.4, -0.2) is 51.1 Å². The average molecular weight is 278 g/mol. The molecule has 0 aromatic heterocycles. The summed E-state index contributed by atoms with van der Waals surface area (Å²) in [6.07, 6.45) is -0.309. The molecule has 2 atom stereocenters. The molecule has 1 aromatic carbocycles. The molecule has 0 saturated carbocycles. The molecule has 1 aliphatic heterocycles. The van der Waals surface area contributed by atoms with E-state index in [-0.39, 0.29) is 13.0 Å². The maximum Gasteiger partial charge on any atom is 0.326 e. The SMILES string of the molecule is NC1(C(=O)O)CC(C(=O)O)N(C(=O)c2ccccc2)C1. The fraction of sp³-hybridized carbons (Fsp3) is 0.308. The highest BCUT2D eigenvalue weighted by molar-refractivity contribution is 5.98. The number of aliphatic carboxylic acids is 2. The number of benzene rings is 1. The van der Waals surface area contributed by atoms with Gasteiger partial charge in [0, 0.05) is 12.0 Å². The topological polar surface area (TPSA) is 121 Å². The van der Waals surface area contributed by atoms with E-state index in [0.717, 1.165) is 4.90 Å². The number of carboxylic acid groups (broad SMARTS) is 2. The van der Waals surface area contributed by atoms with E-state index in [1.165, 1.54) is 0 Å². The van der Waals surface area contributed by atoms with Crippen LogP contribution < -0.4 is 5.73 Å². The zero-order chi connectivity index (χ0) is 14.9. The van der Waals surface area contributed by atoms with Crippen molar-refractivity contribution in [3.63, 3.8) is 0 Å². The zero-order valence-electron chi connectivity index (χ0n) is 10.5. The Labute approximate surface area is 114 Å². The molecular weight excluding hydrogens is 264 g/mol. The number of rotatable bonds is 3. The largest absolute Gasteiger partial charge is 0.480 e. The standard InChI is InChI=1S/C13H14N2O5/c14-13(12(19)20)6-9(11(17)18)15(7-13)10(16)8-4-2-1-3-5-8/h1-5,9H,6-7,14H2,(H,17,18)(H,19,20). The van der Waals surface area contributed by atoms with Gasteiger partial charge in [0.25, 0.3) is 5.91 Å². The predicted octanol–water partition coefficient (Wildman–Crippen LogP) is -0.232. The Hall–Kier alpha value is -2.41. The minimum Gasteiger partial charge on any atom is -0.480 e. The van der Waals surface area contributed by atoms with Crippen LogP contribution in [-0.2, 0) is 9.59 Å². The lowest BCUT2D eigenvalue weighted by Crippen LogP contribution is -2.50. The van der Waals surface area contributed by atoms with E-state index in [1.54, 1.807) is 30.3 Å². The number of carbonyl (C=O) groups excluding carboxylic acids is 1. The predicted molar refractivity (Wildman–Crippen MR) is 68.1 cm³/mol. The third kappa shape index (κ3) is 2.35. The number of amides is 1. The van der Waals surface area contributed by atoms with Gasteiger partial charge in [0.15, 0.2) is 0 Å². The first-order valence-electron chi connectivity index (χ1n) is 5.96. The summed E-state index contributed by atoms with van der Waals surface area (Å²) in [5.41, 5.74) is 4.25. The van der Waals surface area contributed by atoms with E-state index in [9.17, 15) is 14.4 Å². The van der Waals surface area contributed by atoms with Crippen LogP contribution in [0.1, 0.15) is 16.8 Å². The first-order chi connectivity index (χ1) is 9.35. The van der Waals surface area contributed by atoms with Gasteiger partial charge in [-0.05, 0) is 12.1 Å². The van der Waals surface area contributed by atoms with Gasteiger partial charge in [-0.25, -0.2) is 4.79 Å². The quantitative estimate of drug-likeness (QED) is 0.702. The second-order valence-electron chi connectivity index (χ2n) is 4.82. The maximum absolute atomic E-state index is 12.3. The van der Waals surface area contributed by atoms with E-state index in [0.29, 0.717) is 5.56 Å². The van der Waals surface area contributed by atoms with Crippen LogP contribution in [0.5, 0.6) is 0 Å². The molecule has 7 nitrogen and oxygen atoms in total. The van der Waals surface area contributed by atoms with Crippen LogP contribution in [0.25, 0.3) is 0 Å². The summed E-state index contributed by atoms with van der Waals surface area (Å²) in [5.74, 6) is -3.11. The second kappa shape index (κ2) is 4.93. The molecule has 106 valence electrons. The monoisotopic (exact) mass is 278 g/mol. The highest BCUT2D eigenvalue weighted by Gasteiger charge is 2.51. The Balaban J connectivity index is 2.32. The van der Waals surface area contributed by atoms with Gasteiger partial charge in [0.05, 0.1) is 6.54 Å². The molecule has 20 heavy (non-hydrogen) atoms. The normalized spacial score (nSPS) is 25.4. The Morgan fingerprint density at radius 1 is 1.20 bits per heavy atom. The van der Waals surface area contributed by atoms with Gasteiger partial charge in [0.1, 0.15) is 11.6 Å². The highest BCUT2D eigenvalue weighted by Crippen LogP contribution is 2.27. The van der Waals surface area contributed by atoms with Crippen molar-refractivity contribution in [3.8, 4) is 0 Å². The molecule has 0 aliphatic carbocycles. The summed E-state index contributed by atoms with van der Waals surface area (Å²) in [6, 6.07) is 6.86. The second-order valence-corrected chi connectivity index (χ2v) is 4.82. The summed E-state index contributed by atoms with van der Waals surface area (Å²) >= 11 is 0. The molecule has 0 spiro atoms. The lowest BCUT2D eigenvalue weighted by atomic mass is 9.98. The molecule has 2 rings (SSSR count). The number of nitrogens with zero attached hydrogens (tertiary/aromatic N) is 1. The molecule has 7 heteroatoms. The molecule has 4 N–H and O–H groups in total. The van der Waals surface area contributed by atoms with E-state index in [2.05, 4.69) is 0 Å². The van der Waals surface area contributed by atoms with E-state index >= 15 is 0 Å². The Kier molecular flexibility index (Phi) is 3.46. The third-order valence-electron chi connectivity index (χ3n) is 3.38. The Morgan fingerprint density at radius 2 is 1.80 bits per heavy atom. The molecule has 1 fully saturated rings. The number of hydrogen-bond donors (Lipinski definition) is 3. The number of nitrogens with two attached hydrogens (primary N) is 1. The molecule has 0 radical (unpaired) electrons. The van der Waals surface area contributed by atoms with Gasteiger partial charge < -0.3 is 20.8 Å². The summed E-state index contributed by atoms with van der Waals surface area (Å²) in [5, 5.41) is 18.2. The average Bonchev–Trinajstić information content (AvgIpc) is 2.79. The van der Waals surface area contributed by atoms with Crippen molar-refractivity contribution in [1.82, 2.24) is 4.90 Å². The van der Waals surface area contributed by atoms with E-state index in [4.69, 9.17) is 15.9 Å². The molecule has 1 aliphatic rings. The van der Waals surface area contributed by atoms with Crippen molar-refractivity contribution < 1.29 is 24.6 Å². The van der Waals surface area contributed by atoms with Crippen LogP contribution in [0.15, 0.2) is 30.3 Å².